The smallest absolute Gasteiger partial charge is 0.232 e. The van der Waals surface area contributed by atoms with Crippen LogP contribution in [0.5, 0.6) is 0 Å². The van der Waals surface area contributed by atoms with E-state index in [-0.39, 0.29) is 17.1 Å². The number of nitrogens with one attached hydrogen (secondary N) is 1. The molecule has 2 heterocycles. The van der Waals surface area contributed by atoms with Gasteiger partial charge in [0.2, 0.25) is 5.91 Å². The van der Waals surface area contributed by atoms with Crippen LogP contribution in [0.4, 0.5) is 0 Å². The Bertz CT molecular complexity index is 606. The molecule has 3 aliphatic rings. The molecule has 0 spiro atoms. The number of amides is 1. The second-order valence-corrected chi connectivity index (χ2v) is 8.08. The molecule has 1 aliphatic carbocycles. The van der Waals surface area contributed by atoms with Crippen molar-refractivity contribution in [2.75, 3.05) is 0 Å². The molecule has 21 heavy (non-hydrogen) atoms. The van der Waals surface area contributed by atoms with Crippen LogP contribution in [0.25, 0.3) is 0 Å². The van der Waals surface area contributed by atoms with Crippen molar-refractivity contribution in [3.05, 3.63) is 21.9 Å². The van der Waals surface area contributed by atoms with Crippen molar-refractivity contribution < 1.29 is 9.59 Å². The number of allylic oxidation sites excluding steroid dienone is 2. The van der Waals surface area contributed by atoms with Gasteiger partial charge in [-0.1, -0.05) is 32.5 Å². The fourth-order valence-corrected chi connectivity index (χ4v) is 4.94. The van der Waals surface area contributed by atoms with E-state index in [0.717, 1.165) is 28.3 Å². The molecule has 3 rings (SSSR count). The van der Waals surface area contributed by atoms with E-state index in [9.17, 15) is 9.59 Å². The monoisotopic (exact) mass is 307 g/mol. The number of dihydropyridines is 1. The maximum Gasteiger partial charge on any atom is 0.232 e. The van der Waals surface area contributed by atoms with Crippen molar-refractivity contribution in [1.29, 1.82) is 0 Å². The Kier molecular flexibility index (Phi) is 3.22. The molecule has 0 bridgehead atoms. The first-order valence-electron chi connectivity index (χ1n) is 7.20. The number of Topliss-reactive ketones (excluding diaryl/α,β-unsaturated/α-hetero) is 1. The molecule has 0 aromatic heterocycles. The Morgan fingerprint density at radius 1 is 1.38 bits per heavy atom. The summed E-state index contributed by atoms with van der Waals surface area (Å²) >= 11 is 1.40. The molecule has 2 aliphatic heterocycles. The second kappa shape index (κ2) is 4.61. The minimum atomic E-state index is -0.450. The highest BCUT2D eigenvalue weighted by Crippen LogP contribution is 2.49. The number of carbonyl (C=O) groups is 2. The maximum atomic E-state index is 12.5. The fraction of sp³-hybridized carbons (Fsp3) is 0.600. The minimum Gasteiger partial charge on any atom is -0.369 e. The van der Waals surface area contributed by atoms with Gasteiger partial charge >= 0.3 is 0 Å². The Morgan fingerprint density at radius 3 is 2.67 bits per heavy atom. The highest BCUT2D eigenvalue weighted by Gasteiger charge is 2.46. The van der Waals surface area contributed by atoms with Crippen molar-refractivity contribution in [2.24, 2.45) is 22.8 Å². The quantitative estimate of drug-likeness (QED) is 0.671. The lowest BCUT2D eigenvalue weighted by Crippen LogP contribution is -2.43. The number of primary amides is 1. The van der Waals surface area contributed by atoms with Gasteiger partial charge in [-0.15, -0.1) is 0 Å². The first-order valence-corrected chi connectivity index (χ1v) is 8.08. The van der Waals surface area contributed by atoms with Crippen molar-refractivity contribution in [2.45, 2.75) is 44.9 Å². The fourth-order valence-electron chi connectivity index (χ4n) is 3.65. The lowest BCUT2D eigenvalue weighted by Gasteiger charge is -2.38. The molecular formula is C15H21N3O2S. The van der Waals surface area contributed by atoms with Crippen molar-refractivity contribution in [1.82, 2.24) is 5.32 Å². The average molecular weight is 307 g/mol. The lowest BCUT2D eigenvalue weighted by atomic mass is 9.70. The summed E-state index contributed by atoms with van der Waals surface area (Å²) in [5, 5.41) is 3.83. The van der Waals surface area contributed by atoms with E-state index < -0.39 is 17.2 Å². The van der Waals surface area contributed by atoms with Gasteiger partial charge in [0.25, 0.3) is 0 Å². The second-order valence-electron chi connectivity index (χ2n) is 6.93. The number of thioether (sulfide) groups is 1. The molecule has 0 saturated carbocycles. The van der Waals surface area contributed by atoms with E-state index in [1.165, 1.54) is 11.8 Å². The third-order valence-electron chi connectivity index (χ3n) is 4.56. The van der Waals surface area contributed by atoms with Gasteiger partial charge in [-0.05, 0) is 17.4 Å². The number of hydrogen-bond donors (Lipinski definition) is 3. The highest BCUT2D eigenvalue weighted by molar-refractivity contribution is 8.04. The maximum absolute atomic E-state index is 12.5. The number of ketones is 1. The van der Waals surface area contributed by atoms with Gasteiger partial charge in [0, 0.05) is 23.6 Å². The van der Waals surface area contributed by atoms with Crippen LogP contribution < -0.4 is 16.8 Å². The predicted octanol–water partition coefficient (Wildman–Crippen LogP) is 1.01. The van der Waals surface area contributed by atoms with Crippen LogP contribution in [-0.4, -0.2) is 23.0 Å². The van der Waals surface area contributed by atoms with Crippen molar-refractivity contribution >= 4 is 23.5 Å². The SMILES string of the molecule is CC1C2=C(CC(C)(C)CC2=O)NC2=C1C(N)C(C(N)=O)S2. The summed E-state index contributed by atoms with van der Waals surface area (Å²) in [7, 11) is 0. The van der Waals surface area contributed by atoms with Crippen LogP contribution in [0, 0.1) is 11.3 Å². The zero-order valence-corrected chi connectivity index (χ0v) is 13.3. The van der Waals surface area contributed by atoms with Crippen molar-refractivity contribution in [3.8, 4) is 0 Å². The molecule has 3 atom stereocenters. The summed E-state index contributed by atoms with van der Waals surface area (Å²) in [6.07, 6.45) is 1.40. The van der Waals surface area contributed by atoms with Gasteiger partial charge in [-0.25, -0.2) is 0 Å². The molecule has 0 saturated heterocycles. The largest absolute Gasteiger partial charge is 0.369 e. The van der Waals surface area contributed by atoms with E-state index in [2.05, 4.69) is 19.2 Å². The van der Waals surface area contributed by atoms with Gasteiger partial charge in [0.15, 0.2) is 5.78 Å². The van der Waals surface area contributed by atoms with E-state index in [1.807, 2.05) is 6.92 Å². The Morgan fingerprint density at radius 2 is 2.05 bits per heavy atom. The molecule has 0 fully saturated rings. The molecule has 5 nitrogen and oxygen atoms in total. The van der Waals surface area contributed by atoms with E-state index in [0.29, 0.717) is 6.42 Å². The summed E-state index contributed by atoms with van der Waals surface area (Å²) in [6.45, 7) is 6.21. The Hall–Kier alpha value is -1.27. The molecule has 5 N–H and O–H groups in total. The number of hydrogen-bond acceptors (Lipinski definition) is 5. The topological polar surface area (TPSA) is 98.2 Å². The third-order valence-corrected chi connectivity index (χ3v) is 5.91. The Labute approximate surface area is 128 Å². The molecule has 1 amide bonds. The van der Waals surface area contributed by atoms with Crippen LogP contribution in [0.3, 0.4) is 0 Å². The zero-order valence-electron chi connectivity index (χ0n) is 12.5. The summed E-state index contributed by atoms with van der Waals surface area (Å²) in [5.41, 5.74) is 14.4. The van der Waals surface area contributed by atoms with Gasteiger partial charge in [0.1, 0.15) is 5.25 Å². The molecule has 0 aromatic carbocycles. The Balaban J connectivity index is 1.97. The first kappa shape index (κ1) is 14.7. The molecule has 0 radical (unpaired) electrons. The van der Waals surface area contributed by atoms with Gasteiger partial charge in [0.05, 0.1) is 11.1 Å². The summed E-state index contributed by atoms with van der Waals surface area (Å²) in [4.78, 5) is 24.0. The number of nitrogens with two attached hydrogens (primary N) is 2. The van der Waals surface area contributed by atoms with Gasteiger partial charge < -0.3 is 16.8 Å². The number of carbonyl (C=O) groups excluding carboxylic acids is 2. The molecule has 114 valence electrons. The van der Waals surface area contributed by atoms with Crippen LogP contribution in [0.15, 0.2) is 21.9 Å². The van der Waals surface area contributed by atoms with E-state index in [1.54, 1.807) is 0 Å². The molecule has 6 heteroatoms. The number of rotatable bonds is 1. The molecular weight excluding hydrogens is 286 g/mol. The third kappa shape index (κ3) is 2.21. The zero-order chi connectivity index (χ0) is 15.5. The van der Waals surface area contributed by atoms with Crippen molar-refractivity contribution in [3.63, 3.8) is 0 Å². The summed E-state index contributed by atoms with van der Waals surface area (Å²) in [6, 6.07) is -0.415. The first-order chi connectivity index (χ1) is 9.71. The standard InChI is InChI=1S/C15H21N3O2S/c1-6-9-7(4-15(2,3)5-8(9)19)18-14-10(6)11(16)12(21-14)13(17)20/h6,11-12,18H,4-5,16H2,1-3H3,(H2,17,20). The molecule has 0 aromatic rings. The normalized spacial score (nSPS) is 34.5. The van der Waals surface area contributed by atoms with E-state index in [4.69, 9.17) is 11.5 Å². The van der Waals surface area contributed by atoms with E-state index >= 15 is 0 Å². The minimum absolute atomic E-state index is 0.0326. The molecule has 3 unspecified atom stereocenters. The van der Waals surface area contributed by atoms with Crippen LogP contribution in [0.2, 0.25) is 0 Å². The lowest BCUT2D eigenvalue weighted by molar-refractivity contribution is -0.118. The highest BCUT2D eigenvalue weighted by atomic mass is 32.2. The average Bonchev–Trinajstić information content (AvgIpc) is 2.64. The van der Waals surface area contributed by atoms with Gasteiger partial charge in [-0.3, -0.25) is 9.59 Å². The predicted molar refractivity (Wildman–Crippen MR) is 82.9 cm³/mol. The van der Waals surface area contributed by atoms with Crippen LogP contribution >= 0.6 is 11.8 Å². The van der Waals surface area contributed by atoms with Crippen LogP contribution in [-0.2, 0) is 9.59 Å². The van der Waals surface area contributed by atoms with Gasteiger partial charge in [-0.2, -0.15) is 0 Å². The summed E-state index contributed by atoms with van der Waals surface area (Å²) in [5.74, 6) is -0.250. The summed E-state index contributed by atoms with van der Waals surface area (Å²) < 4.78 is 0. The van der Waals surface area contributed by atoms with Crippen LogP contribution in [0.1, 0.15) is 33.6 Å².